The van der Waals surface area contributed by atoms with Gasteiger partial charge in [-0.15, -0.1) is 10.2 Å². The van der Waals surface area contributed by atoms with Crippen molar-refractivity contribution < 1.29 is 0 Å². The van der Waals surface area contributed by atoms with Crippen LogP contribution in [0.4, 0.5) is 0 Å². The zero-order valence-electron chi connectivity index (χ0n) is 9.61. The summed E-state index contributed by atoms with van der Waals surface area (Å²) in [5.41, 5.74) is 5.72. The first-order chi connectivity index (χ1) is 7.26. The Morgan fingerprint density at radius 1 is 1.47 bits per heavy atom. The summed E-state index contributed by atoms with van der Waals surface area (Å²) >= 11 is 0. The molecule has 4 heteroatoms. The summed E-state index contributed by atoms with van der Waals surface area (Å²) in [6.07, 6.45) is 4.66. The molecule has 1 heterocycles. The molecular weight excluding hydrogens is 188 g/mol. The number of hydrogen-bond acceptors (Lipinski definition) is 3. The van der Waals surface area contributed by atoms with Gasteiger partial charge in [-0.1, -0.05) is 13.3 Å². The Labute approximate surface area is 90.9 Å². The SMILES string of the molecule is CCC(CN)Cc1nnc(C)n1C1CC1. The molecule has 0 spiro atoms. The summed E-state index contributed by atoms with van der Waals surface area (Å²) in [6.45, 7) is 4.97. The van der Waals surface area contributed by atoms with Crippen LogP contribution in [-0.4, -0.2) is 21.3 Å². The second-order valence-electron chi connectivity index (χ2n) is 4.48. The van der Waals surface area contributed by atoms with Gasteiger partial charge < -0.3 is 10.3 Å². The molecule has 1 fully saturated rings. The maximum Gasteiger partial charge on any atom is 0.133 e. The minimum absolute atomic E-state index is 0.547. The van der Waals surface area contributed by atoms with Crippen molar-refractivity contribution in [1.29, 1.82) is 0 Å². The Bertz CT molecular complexity index is 323. The molecule has 0 aliphatic heterocycles. The van der Waals surface area contributed by atoms with Gasteiger partial charge in [0.1, 0.15) is 11.6 Å². The van der Waals surface area contributed by atoms with E-state index in [1.807, 2.05) is 6.92 Å². The molecular formula is C11H20N4. The van der Waals surface area contributed by atoms with Gasteiger partial charge in [0.25, 0.3) is 0 Å². The Morgan fingerprint density at radius 3 is 2.73 bits per heavy atom. The van der Waals surface area contributed by atoms with Crippen molar-refractivity contribution in [3.8, 4) is 0 Å². The third kappa shape index (κ3) is 2.20. The number of rotatable bonds is 5. The van der Waals surface area contributed by atoms with Gasteiger partial charge in [-0.2, -0.15) is 0 Å². The number of nitrogens with two attached hydrogens (primary N) is 1. The number of aryl methyl sites for hydroxylation is 1. The fourth-order valence-corrected chi connectivity index (χ4v) is 2.01. The molecule has 0 bridgehead atoms. The smallest absolute Gasteiger partial charge is 0.133 e. The van der Waals surface area contributed by atoms with Crippen LogP contribution >= 0.6 is 0 Å². The van der Waals surface area contributed by atoms with E-state index in [4.69, 9.17) is 5.73 Å². The van der Waals surface area contributed by atoms with Crippen LogP contribution < -0.4 is 5.73 Å². The van der Waals surface area contributed by atoms with Gasteiger partial charge in [0.05, 0.1) is 0 Å². The highest BCUT2D eigenvalue weighted by molar-refractivity contribution is 5.02. The van der Waals surface area contributed by atoms with Gasteiger partial charge in [-0.3, -0.25) is 0 Å². The highest BCUT2D eigenvalue weighted by Crippen LogP contribution is 2.36. The van der Waals surface area contributed by atoms with Crippen molar-refractivity contribution in [3.63, 3.8) is 0 Å². The minimum Gasteiger partial charge on any atom is -0.330 e. The number of aromatic nitrogens is 3. The van der Waals surface area contributed by atoms with E-state index < -0.39 is 0 Å². The first-order valence-corrected chi connectivity index (χ1v) is 5.86. The molecule has 15 heavy (non-hydrogen) atoms. The van der Waals surface area contributed by atoms with Gasteiger partial charge in [0.15, 0.2) is 0 Å². The number of nitrogens with zero attached hydrogens (tertiary/aromatic N) is 3. The minimum atomic E-state index is 0.547. The molecule has 84 valence electrons. The van der Waals surface area contributed by atoms with Crippen LogP contribution in [0.25, 0.3) is 0 Å². The maximum atomic E-state index is 5.72. The van der Waals surface area contributed by atoms with Crippen LogP contribution in [0.2, 0.25) is 0 Å². The van der Waals surface area contributed by atoms with E-state index >= 15 is 0 Å². The van der Waals surface area contributed by atoms with E-state index in [2.05, 4.69) is 21.7 Å². The van der Waals surface area contributed by atoms with Crippen molar-refractivity contribution in [2.24, 2.45) is 11.7 Å². The third-order valence-corrected chi connectivity index (χ3v) is 3.23. The summed E-state index contributed by atoms with van der Waals surface area (Å²) in [5.74, 6) is 2.73. The van der Waals surface area contributed by atoms with Crippen LogP contribution in [0, 0.1) is 12.8 Å². The summed E-state index contributed by atoms with van der Waals surface area (Å²) in [6, 6.07) is 0.672. The zero-order chi connectivity index (χ0) is 10.8. The van der Waals surface area contributed by atoms with Crippen LogP contribution in [0.1, 0.15) is 43.9 Å². The van der Waals surface area contributed by atoms with Gasteiger partial charge in [0.2, 0.25) is 0 Å². The van der Waals surface area contributed by atoms with E-state index in [9.17, 15) is 0 Å². The van der Waals surface area contributed by atoms with E-state index in [-0.39, 0.29) is 0 Å². The van der Waals surface area contributed by atoms with Crippen molar-refractivity contribution in [2.75, 3.05) is 6.54 Å². The quantitative estimate of drug-likeness (QED) is 0.796. The van der Waals surface area contributed by atoms with Gasteiger partial charge in [0, 0.05) is 12.5 Å². The van der Waals surface area contributed by atoms with Crippen LogP contribution in [0.5, 0.6) is 0 Å². The molecule has 2 rings (SSSR count). The molecule has 0 aromatic carbocycles. The summed E-state index contributed by atoms with van der Waals surface area (Å²) in [4.78, 5) is 0. The Kier molecular flexibility index (Phi) is 3.05. The monoisotopic (exact) mass is 208 g/mol. The average molecular weight is 208 g/mol. The molecule has 1 atom stereocenters. The molecule has 4 nitrogen and oxygen atoms in total. The largest absolute Gasteiger partial charge is 0.330 e. The standard InChI is InChI=1S/C11H20N4/c1-3-9(7-12)6-11-14-13-8(2)15(11)10-4-5-10/h9-10H,3-7,12H2,1-2H3. The molecule has 2 N–H and O–H groups in total. The second-order valence-corrected chi connectivity index (χ2v) is 4.48. The molecule has 1 aromatic heterocycles. The molecule has 1 unspecified atom stereocenters. The highest BCUT2D eigenvalue weighted by atomic mass is 15.3. The molecule has 1 aliphatic carbocycles. The summed E-state index contributed by atoms with van der Waals surface area (Å²) in [7, 11) is 0. The molecule has 1 aromatic rings. The molecule has 0 saturated heterocycles. The maximum absolute atomic E-state index is 5.72. The first kappa shape index (κ1) is 10.6. The van der Waals surface area contributed by atoms with E-state index in [1.54, 1.807) is 0 Å². The van der Waals surface area contributed by atoms with Gasteiger partial charge in [-0.25, -0.2) is 0 Å². The van der Waals surface area contributed by atoms with E-state index in [0.717, 1.165) is 31.0 Å². The Balaban J connectivity index is 2.13. The summed E-state index contributed by atoms with van der Waals surface area (Å²) < 4.78 is 2.30. The lowest BCUT2D eigenvalue weighted by Crippen LogP contribution is -2.18. The predicted octanol–water partition coefficient (Wildman–Crippen LogP) is 1.45. The van der Waals surface area contributed by atoms with Crippen molar-refractivity contribution in [1.82, 2.24) is 14.8 Å². The molecule has 0 amide bonds. The second kappa shape index (κ2) is 4.31. The molecule has 1 aliphatic rings. The Hall–Kier alpha value is -0.900. The summed E-state index contributed by atoms with van der Waals surface area (Å²) in [5, 5.41) is 8.44. The molecule has 1 saturated carbocycles. The van der Waals surface area contributed by atoms with Crippen molar-refractivity contribution in [2.45, 2.75) is 45.6 Å². The molecule has 0 radical (unpaired) electrons. The fourth-order valence-electron chi connectivity index (χ4n) is 2.01. The van der Waals surface area contributed by atoms with Gasteiger partial charge in [-0.05, 0) is 32.2 Å². The third-order valence-electron chi connectivity index (χ3n) is 3.23. The lowest BCUT2D eigenvalue weighted by molar-refractivity contribution is 0.488. The van der Waals surface area contributed by atoms with E-state index in [1.165, 1.54) is 12.8 Å². The van der Waals surface area contributed by atoms with Crippen LogP contribution in [-0.2, 0) is 6.42 Å². The topological polar surface area (TPSA) is 56.7 Å². The zero-order valence-corrected chi connectivity index (χ0v) is 9.61. The lowest BCUT2D eigenvalue weighted by atomic mass is 10.0. The number of hydrogen-bond donors (Lipinski definition) is 1. The van der Waals surface area contributed by atoms with Crippen molar-refractivity contribution >= 4 is 0 Å². The first-order valence-electron chi connectivity index (χ1n) is 5.86. The van der Waals surface area contributed by atoms with Crippen LogP contribution in [0.15, 0.2) is 0 Å². The van der Waals surface area contributed by atoms with Gasteiger partial charge >= 0.3 is 0 Å². The lowest BCUT2D eigenvalue weighted by Gasteiger charge is -2.12. The normalized spacial score (nSPS) is 18.1. The van der Waals surface area contributed by atoms with Crippen molar-refractivity contribution in [3.05, 3.63) is 11.6 Å². The highest BCUT2D eigenvalue weighted by Gasteiger charge is 2.28. The van der Waals surface area contributed by atoms with E-state index in [0.29, 0.717) is 12.0 Å². The predicted molar refractivity (Wildman–Crippen MR) is 59.6 cm³/mol. The Morgan fingerprint density at radius 2 is 2.20 bits per heavy atom. The average Bonchev–Trinajstić information content (AvgIpc) is 3.01. The fraction of sp³-hybridized carbons (Fsp3) is 0.818. The van der Waals surface area contributed by atoms with Crippen LogP contribution in [0.3, 0.4) is 0 Å².